The Labute approximate surface area is 169 Å². The summed E-state index contributed by atoms with van der Waals surface area (Å²) in [4.78, 5) is 40.2. The van der Waals surface area contributed by atoms with Crippen molar-refractivity contribution >= 4 is 40.5 Å². The number of hydrogen-bond donors (Lipinski definition) is 2. The number of nitrogens with one attached hydrogen (secondary N) is 2. The molecule has 0 bridgehead atoms. The fourth-order valence-electron chi connectivity index (χ4n) is 3.10. The van der Waals surface area contributed by atoms with E-state index in [1.807, 2.05) is 31.1 Å². The highest BCUT2D eigenvalue weighted by molar-refractivity contribution is 6.43. The quantitative estimate of drug-likeness (QED) is 0.758. The molecule has 0 radical (unpaired) electrons. The predicted octanol–water partition coefficient (Wildman–Crippen LogP) is 2.47. The molecule has 2 N–H and O–H groups in total. The first kappa shape index (κ1) is 20.2. The zero-order valence-electron chi connectivity index (χ0n) is 16.7. The third-order valence-corrected chi connectivity index (χ3v) is 4.65. The van der Waals surface area contributed by atoms with Crippen LogP contribution in [0.4, 0.5) is 22.7 Å². The second-order valence-electron chi connectivity index (χ2n) is 6.89. The van der Waals surface area contributed by atoms with Gasteiger partial charge in [-0.2, -0.15) is 0 Å². The Morgan fingerprint density at radius 3 is 2.17 bits per heavy atom. The van der Waals surface area contributed by atoms with Crippen LogP contribution in [0.25, 0.3) is 0 Å². The van der Waals surface area contributed by atoms with Gasteiger partial charge in [0.05, 0.1) is 12.8 Å². The largest absolute Gasteiger partial charge is 0.495 e. The van der Waals surface area contributed by atoms with Gasteiger partial charge >= 0.3 is 11.8 Å². The van der Waals surface area contributed by atoms with Gasteiger partial charge < -0.3 is 25.2 Å². The van der Waals surface area contributed by atoms with Crippen molar-refractivity contribution in [3.8, 4) is 5.75 Å². The van der Waals surface area contributed by atoms with Crippen molar-refractivity contribution < 1.29 is 19.1 Å². The van der Waals surface area contributed by atoms with Crippen molar-refractivity contribution in [3.05, 3.63) is 42.5 Å². The maximum absolute atomic E-state index is 12.3. The maximum atomic E-state index is 12.3. The zero-order valence-corrected chi connectivity index (χ0v) is 16.7. The van der Waals surface area contributed by atoms with Crippen LogP contribution in [0.3, 0.4) is 0 Å². The van der Waals surface area contributed by atoms with Gasteiger partial charge in [-0.1, -0.05) is 0 Å². The van der Waals surface area contributed by atoms with Crippen molar-refractivity contribution in [2.24, 2.45) is 0 Å². The zero-order chi connectivity index (χ0) is 21.0. The number of nitrogens with zero attached hydrogens (tertiary/aromatic N) is 2. The molecule has 0 aliphatic carbocycles. The Hall–Kier alpha value is -3.55. The Kier molecular flexibility index (Phi) is 6.01. The average molecular weight is 396 g/mol. The number of ether oxygens (including phenoxy) is 1. The Balaban J connectivity index is 1.69. The van der Waals surface area contributed by atoms with Crippen molar-refractivity contribution in [1.82, 2.24) is 0 Å². The van der Waals surface area contributed by atoms with Crippen molar-refractivity contribution in [1.29, 1.82) is 0 Å². The monoisotopic (exact) mass is 396 g/mol. The molecule has 8 nitrogen and oxygen atoms in total. The molecule has 3 rings (SSSR count). The van der Waals surface area contributed by atoms with Crippen LogP contribution in [0.5, 0.6) is 5.75 Å². The smallest absolute Gasteiger partial charge is 0.314 e. The molecule has 0 saturated carbocycles. The molecule has 0 atom stereocenters. The number of amides is 3. The van der Waals surface area contributed by atoms with E-state index in [4.69, 9.17) is 4.74 Å². The van der Waals surface area contributed by atoms with E-state index in [1.165, 1.54) is 7.11 Å². The van der Waals surface area contributed by atoms with E-state index in [1.54, 1.807) is 35.2 Å². The van der Waals surface area contributed by atoms with Gasteiger partial charge in [0, 0.05) is 44.1 Å². The fourth-order valence-corrected chi connectivity index (χ4v) is 3.10. The number of hydrogen-bond acceptors (Lipinski definition) is 5. The minimum absolute atomic E-state index is 0.00527. The van der Waals surface area contributed by atoms with E-state index >= 15 is 0 Å². The summed E-state index contributed by atoms with van der Waals surface area (Å²) in [5.74, 6) is -1.04. The van der Waals surface area contributed by atoms with E-state index in [0.29, 0.717) is 35.8 Å². The molecule has 8 heteroatoms. The van der Waals surface area contributed by atoms with Crippen LogP contribution in [0.15, 0.2) is 42.5 Å². The van der Waals surface area contributed by atoms with Crippen LogP contribution in [-0.2, 0) is 14.4 Å². The fraction of sp³-hybridized carbons (Fsp3) is 0.286. The summed E-state index contributed by atoms with van der Waals surface area (Å²) in [6, 6.07) is 12.1. The van der Waals surface area contributed by atoms with Crippen LogP contribution in [-0.4, -0.2) is 45.5 Å². The van der Waals surface area contributed by atoms with E-state index < -0.39 is 11.8 Å². The molecular weight excluding hydrogens is 372 g/mol. The molecule has 29 heavy (non-hydrogen) atoms. The summed E-state index contributed by atoms with van der Waals surface area (Å²) in [7, 11) is 5.35. The van der Waals surface area contributed by atoms with Gasteiger partial charge in [-0.05, 0) is 48.9 Å². The molecule has 2 aromatic carbocycles. The Bertz CT molecular complexity index is 925. The number of anilines is 4. The number of carbonyl (C=O) groups excluding carboxylic acids is 3. The summed E-state index contributed by atoms with van der Waals surface area (Å²) in [6.45, 7) is 0.593. The van der Waals surface area contributed by atoms with Gasteiger partial charge in [0.2, 0.25) is 5.91 Å². The van der Waals surface area contributed by atoms with Gasteiger partial charge in [0.15, 0.2) is 0 Å². The van der Waals surface area contributed by atoms with Gasteiger partial charge in [0.1, 0.15) is 5.75 Å². The second kappa shape index (κ2) is 8.64. The SMILES string of the molecule is COc1ccc(NC(=O)C(=O)Nc2ccc(N(C)C)cc2)cc1N1CCCC1=O. The summed E-state index contributed by atoms with van der Waals surface area (Å²) in [5.41, 5.74) is 2.49. The topological polar surface area (TPSA) is 91.0 Å². The lowest BCUT2D eigenvalue weighted by atomic mass is 10.2. The summed E-state index contributed by atoms with van der Waals surface area (Å²) in [5, 5.41) is 5.14. The molecule has 2 aromatic rings. The number of methoxy groups -OCH3 is 1. The first-order chi connectivity index (χ1) is 13.9. The van der Waals surface area contributed by atoms with Crippen molar-refractivity contribution in [2.75, 3.05) is 48.2 Å². The molecular formula is C21H24N4O4. The molecule has 1 aliphatic heterocycles. The van der Waals surface area contributed by atoms with Crippen LogP contribution in [0.1, 0.15) is 12.8 Å². The molecule has 1 heterocycles. The lowest BCUT2D eigenvalue weighted by Gasteiger charge is -2.20. The highest BCUT2D eigenvalue weighted by Crippen LogP contribution is 2.34. The molecule has 3 amide bonds. The Morgan fingerprint density at radius 2 is 1.62 bits per heavy atom. The highest BCUT2D eigenvalue weighted by Gasteiger charge is 2.25. The van der Waals surface area contributed by atoms with Gasteiger partial charge in [-0.3, -0.25) is 14.4 Å². The Morgan fingerprint density at radius 1 is 1.00 bits per heavy atom. The molecule has 1 saturated heterocycles. The normalized spacial score (nSPS) is 13.2. The van der Waals surface area contributed by atoms with Crippen LogP contribution >= 0.6 is 0 Å². The van der Waals surface area contributed by atoms with E-state index in [0.717, 1.165) is 12.1 Å². The first-order valence-electron chi connectivity index (χ1n) is 9.27. The number of benzene rings is 2. The van der Waals surface area contributed by atoms with Crippen LogP contribution in [0, 0.1) is 0 Å². The molecule has 0 spiro atoms. The van der Waals surface area contributed by atoms with Crippen molar-refractivity contribution in [3.63, 3.8) is 0 Å². The molecule has 152 valence electrons. The van der Waals surface area contributed by atoms with Gasteiger partial charge in [-0.15, -0.1) is 0 Å². The standard InChI is InChI=1S/C21H24N4O4/c1-24(2)16-9-6-14(7-10-16)22-20(27)21(28)23-15-8-11-18(29-3)17(13-15)25-12-4-5-19(25)26/h6-11,13H,4-5,12H2,1-3H3,(H,22,27)(H,23,28). The van der Waals surface area contributed by atoms with Crippen molar-refractivity contribution in [2.45, 2.75) is 12.8 Å². The number of carbonyl (C=O) groups is 3. The lowest BCUT2D eigenvalue weighted by molar-refractivity contribution is -0.132. The van der Waals surface area contributed by atoms with E-state index in [9.17, 15) is 14.4 Å². The minimum atomic E-state index is -0.800. The van der Waals surface area contributed by atoms with Crippen LogP contribution in [0.2, 0.25) is 0 Å². The maximum Gasteiger partial charge on any atom is 0.314 e. The summed E-state index contributed by atoms with van der Waals surface area (Å²) >= 11 is 0. The van der Waals surface area contributed by atoms with E-state index in [2.05, 4.69) is 10.6 Å². The highest BCUT2D eigenvalue weighted by atomic mass is 16.5. The third kappa shape index (κ3) is 4.66. The van der Waals surface area contributed by atoms with Crippen LogP contribution < -0.4 is 25.2 Å². The second-order valence-corrected chi connectivity index (χ2v) is 6.89. The predicted molar refractivity (Wildman–Crippen MR) is 113 cm³/mol. The first-order valence-corrected chi connectivity index (χ1v) is 9.27. The van der Waals surface area contributed by atoms with Gasteiger partial charge in [-0.25, -0.2) is 0 Å². The molecule has 1 aliphatic rings. The van der Waals surface area contributed by atoms with Gasteiger partial charge in [0.25, 0.3) is 0 Å². The molecule has 1 fully saturated rings. The lowest BCUT2D eigenvalue weighted by Crippen LogP contribution is -2.29. The molecule has 0 unspecified atom stereocenters. The summed E-state index contributed by atoms with van der Waals surface area (Å²) in [6.07, 6.45) is 1.25. The van der Waals surface area contributed by atoms with E-state index in [-0.39, 0.29) is 5.91 Å². The minimum Gasteiger partial charge on any atom is -0.495 e. The third-order valence-electron chi connectivity index (χ3n) is 4.65. The average Bonchev–Trinajstić information content (AvgIpc) is 3.14. The summed E-state index contributed by atoms with van der Waals surface area (Å²) < 4.78 is 5.33. The number of rotatable bonds is 5. The molecule has 0 aromatic heterocycles.